The third-order valence-electron chi connectivity index (χ3n) is 3.30. The van der Waals surface area contributed by atoms with Gasteiger partial charge in [0.15, 0.2) is 5.69 Å². The van der Waals surface area contributed by atoms with Crippen LogP contribution in [0.2, 0.25) is 5.02 Å². The Morgan fingerprint density at radius 2 is 2.00 bits per heavy atom. The monoisotopic (exact) mass is 389 g/mol. The number of carbonyl (C=O) groups is 1. The van der Waals surface area contributed by atoms with E-state index in [9.17, 15) is 22.4 Å². The van der Waals surface area contributed by atoms with Gasteiger partial charge in [-0.15, -0.1) is 0 Å². The minimum atomic E-state index is -4.87. The van der Waals surface area contributed by atoms with Crippen molar-refractivity contribution in [3.8, 4) is 17.3 Å². The highest BCUT2D eigenvalue weighted by Gasteiger charge is 2.40. The van der Waals surface area contributed by atoms with E-state index >= 15 is 0 Å². The molecule has 138 valence electrons. The lowest BCUT2D eigenvalue weighted by Crippen LogP contribution is -2.13. The van der Waals surface area contributed by atoms with Crippen molar-refractivity contribution >= 4 is 17.6 Å². The van der Waals surface area contributed by atoms with Gasteiger partial charge in [0.25, 0.3) is 0 Å². The Kier molecular flexibility index (Phi) is 5.28. The summed E-state index contributed by atoms with van der Waals surface area (Å²) in [6, 6.07) is 3.08. The maximum absolute atomic E-state index is 14.3. The average molecular weight is 390 g/mol. The molecule has 5 nitrogen and oxygen atoms in total. The number of aryl methyl sites for hydroxylation is 1. The van der Waals surface area contributed by atoms with Gasteiger partial charge in [-0.1, -0.05) is 11.6 Å². The zero-order chi connectivity index (χ0) is 19.8. The molecule has 0 saturated heterocycles. The summed E-state index contributed by atoms with van der Waals surface area (Å²) in [5.41, 5.74) is -3.44. The van der Waals surface area contributed by atoms with E-state index in [0.717, 1.165) is 19.2 Å². The first kappa shape index (κ1) is 19.7. The highest BCUT2D eigenvalue weighted by Crippen LogP contribution is 2.37. The fourth-order valence-corrected chi connectivity index (χ4v) is 2.54. The van der Waals surface area contributed by atoms with E-state index in [1.807, 2.05) is 0 Å². The maximum atomic E-state index is 14.3. The first-order valence-corrected chi connectivity index (χ1v) is 7.59. The van der Waals surface area contributed by atoms with Crippen LogP contribution in [0.25, 0.3) is 11.3 Å². The number of nitriles is 1. The molecule has 2 rings (SSSR count). The van der Waals surface area contributed by atoms with Gasteiger partial charge in [-0.05, 0) is 26.0 Å². The smallest absolute Gasteiger partial charge is 0.434 e. The molecule has 0 fully saturated rings. The number of esters is 1. The minimum Gasteiger partial charge on any atom is -0.459 e. The molecule has 1 heterocycles. The largest absolute Gasteiger partial charge is 0.459 e. The number of alkyl halides is 3. The predicted octanol–water partition coefficient (Wildman–Crippen LogP) is 4.34. The van der Waals surface area contributed by atoms with E-state index in [-0.39, 0.29) is 10.6 Å². The molecule has 0 aliphatic rings. The molecule has 2 aromatic rings. The zero-order valence-corrected chi connectivity index (χ0v) is 14.5. The standard InChI is InChI=1S/C16H12ClF4N3O2/c1-7(2)26-15(25)8-4-9(12(18)5-11(8)17)13-10(6-22)14(16(19,20)21)24(3)23-13/h4-5,7H,1-3H3. The van der Waals surface area contributed by atoms with Gasteiger partial charge in [-0.25, -0.2) is 9.18 Å². The number of benzene rings is 1. The minimum absolute atomic E-state index is 0.250. The number of hydrogen-bond acceptors (Lipinski definition) is 4. The number of aromatic nitrogens is 2. The van der Waals surface area contributed by atoms with Gasteiger partial charge in [-0.3, -0.25) is 4.68 Å². The first-order valence-electron chi connectivity index (χ1n) is 7.22. The Morgan fingerprint density at radius 1 is 1.38 bits per heavy atom. The molecule has 0 bridgehead atoms. The lowest BCUT2D eigenvalue weighted by atomic mass is 10.0. The molecule has 1 aromatic heterocycles. The van der Waals surface area contributed by atoms with Gasteiger partial charge >= 0.3 is 12.1 Å². The molecule has 1 aromatic carbocycles. The SMILES string of the molecule is CC(C)OC(=O)c1cc(-c2nn(C)c(C(F)(F)F)c2C#N)c(F)cc1Cl. The molecular formula is C16H12ClF4N3O2. The van der Waals surface area contributed by atoms with Gasteiger partial charge in [0.05, 0.1) is 16.7 Å². The quantitative estimate of drug-likeness (QED) is 0.578. The van der Waals surface area contributed by atoms with Crippen molar-refractivity contribution in [2.75, 3.05) is 0 Å². The number of rotatable bonds is 3. The maximum Gasteiger partial charge on any atom is 0.434 e. The number of ether oxygens (including phenoxy) is 1. The Morgan fingerprint density at radius 3 is 2.50 bits per heavy atom. The van der Waals surface area contributed by atoms with Crippen LogP contribution >= 0.6 is 11.6 Å². The molecule has 10 heteroatoms. The summed E-state index contributed by atoms with van der Waals surface area (Å²) in [6.45, 7) is 3.16. The molecule has 0 spiro atoms. The van der Waals surface area contributed by atoms with Crippen molar-refractivity contribution < 1.29 is 27.1 Å². The molecule has 0 unspecified atom stereocenters. The van der Waals surface area contributed by atoms with E-state index in [0.29, 0.717) is 4.68 Å². The number of hydrogen-bond donors (Lipinski definition) is 0. The lowest BCUT2D eigenvalue weighted by Gasteiger charge is -2.11. The van der Waals surface area contributed by atoms with Crippen LogP contribution in [0.5, 0.6) is 0 Å². The molecule has 0 atom stereocenters. The summed E-state index contributed by atoms with van der Waals surface area (Å²) in [7, 11) is 0.981. The fraction of sp³-hybridized carbons (Fsp3) is 0.312. The fourth-order valence-electron chi connectivity index (χ4n) is 2.31. The van der Waals surface area contributed by atoms with Gasteiger partial charge < -0.3 is 4.74 Å². The van der Waals surface area contributed by atoms with Gasteiger partial charge in [0, 0.05) is 12.6 Å². The van der Waals surface area contributed by atoms with Crippen LogP contribution in [0.1, 0.15) is 35.5 Å². The van der Waals surface area contributed by atoms with Gasteiger partial charge in [0.2, 0.25) is 0 Å². The van der Waals surface area contributed by atoms with Crippen molar-refractivity contribution in [3.63, 3.8) is 0 Å². The summed E-state index contributed by atoms with van der Waals surface area (Å²) >= 11 is 5.84. The molecular weight excluding hydrogens is 378 g/mol. The van der Waals surface area contributed by atoms with Gasteiger partial charge in [0.1, 0.15) is 23.1 Å². The molecule has 26 heavy (non-hydrogen) atoms. The van der Waals surface area contributed by atoms with Crippen LogP contribution < -0.4 is 0 Å². The number of carbonyl (C=O) groups excluding carboxylic acids is 1. The van der Waals surface area contributed by atoms with Crippen LogP contribution in [-0.2, 0) is 18.0 Å². The molecule has 0 aliphatic heterocycles. The normalized spacial score (nSPS) is 11.5. The third kappa shape index (κ3) is 3.65. The summed E-state index contributed by atoms with van der Waals surface area (Å²) in [4.78, 5) is 12.1. The number of nitrogens with zero attached hydrogens (tertiary/aromatic N) is 3. The molecule has 0 amide bonds. The highest BCUT2D eigenvalue weighted by molar-refractivity contribution is 6.33. The Bertz CT molecular complexity index is 914. The van der Waals surface area contributed by atoms with Crippen molar-refractivity contribution in [3.05, 3.63) is 39.8 Å². The highest BCUT2D eigenvalue weighted by atomic mass is 35.5. The van der Waals surface area contributed by atoms with E-state index in [1.165, 1.54) is 6.07 Å². The van der Waals surface area contributed by atoms with Gasteiger partial charge in [-0.2, -0.15) is 23.5 Å². The number of halogens is 5. The third-order valence-corrected chi connectivity index (χ3v) is 3.61. The molecule has 0 N–H and O–H groups in total. The van der Waals surface area contributed by atoms with Crippen LogP contribution in [0.4, 0.5) is 17.6 Å². The average Bonchev–Trinajstić information content (AvgIpc) is 2.82. The summed E-state index contributed by atoms with van der Waals surface area (Å²) in [5, 5.41) is 12.5. The first-order chi connectivity index (χ1) is 12.0. The second-order valence-electron chi connectivity index (χ2n) is 5.57. The topological polar surface area (TPSA) is 67.9 Å². The molecule has 0 radical (unpaired) electrons. The second kappa shape index (κ2) is 6.96. The molecule has 0 saturated carbocycles. The van der Waals surface area contributed by atoms with E-state index in [4.69, 9.17) is 21.6 Å². The predicted molar refractivity (Wildman–Crippen MR) is 83.9 cm³/mol. The van der Waals surface area contributed by atoms with Crippen LogP contribution in [0.3, 0.4) is 0 Å². The Labute approximate surface area is 150 Å². The van der Waals surface area contributed by atoms with Crippen molar-refractivity contribution in [2.45, 2.75) is 26.1 Å². The van der Waals surface area contributed by atoms with Crippen LogP contribution in [-0.4, -0.2) is 21.9 Å². The van der Waals surface area contributed by atoms with E-state index < -0.39 is 46.6 Å². The Hall–Kier alpha value is -2.60. The summed E-state index contributed by atoms with van der Waals surface area (Å²) in [5.74, 6) is -1.91. The van der Waals surface area contributed by atoms with Crippen molar-refractivity contribution in [1.29, 1.82) is 5.26 Å². The summed E-state index contributed by atoms with van der Waals surface area (Å²) in [6.07, 6.45) is -5.36. The van der Waals surface area contributed by atoms with Crippen molar-refractivity contribution in [2.24, 2.45) is 7.05 Å². The molecule has 0 aliphatic carbocycles. The Balaban J connectivity index is 2.71. The zero-order valence-electron chi connectivity index (χ0n) is 13.8. The lowest BCUT2D eigenvalue weighted by molar-refractivity contribution is -0.143. The van der Waals surface area contributed by atoms with E-state index in [1.54, 1.807) is 13.8 Å². The van der Waals surface area contributed by atoms with E-state index in [2.05, 4.69) is 5.10 Å². The summed E-state index contributed by atoms with van der Waals surface area (Å²) < 4.78 is 59.1. The van der Waals surface area contributed by atoms with Crippen LogP contribution in [0, 0.1) is 17.1 Å². The van der Waals surface area contributed by atoms with Crippen molar-refractivity contribution in [1.82, 2.24) is 9.78 Å². The van der Waals surface area contributed by atoms with Crippen LogP contribution in [0.15, 0.2) is 12.1 Å². The second-order valence-corrected chi connectivity index (χ2v) is 5.98.